The maximum absolute atomic E-state index is 11.7. The Kier molecular flexibility index (Phi) is 4.49. The number of aromatic carboxylic acids is 1. The molecule has 2 heterocycles. The van der Waals surface area contributed by atoms with Gasteiger partial charge in [0, 0.05) is 18.3 Å². The van der Waals surface area contributed by atoms with Crippen molar-refractivity contribution in [3.63, 3.8) is 0 Å². The van der Waals surface area contributed by atoms with Crippen LogP contribution in [0.15, 0.2) is 18.6 Å². The van der Waals surface area contributed by atoms with E-state index in [1.807, 2.05) is 6.92 Å². The van der Waals surface area contributed by atoms with Crippen molar-refractivity contribution < 1.29 is 14.7 Å². The minimum atomic E-state index is -1.14. The standard InChI is InChI=1S/C11H15N7O3/c1-7(8-4-13-14-5-8)15-11(21)12-2-3-18-6-9(10(19)20)16-17-18/h4-7H,2-3H2,1H3,(H,13,14)(H,19,20)(H2,12,15,21). The van der Waals surface area contributed by atoms with Crippen molar-refractivity contribution >= 4 is 12.0 Å². The highest BCUT2D eigenvalue weighted by molar-refractivity contribution is 5.84. The highest BCUT2D eigenvalue weighted by Crippen LogP contribution is 2.08. The van der Waals surface area contributed by atoms with Crippen molar-refractivity contribution in [3.8, 4) is 0 Å². The Balaban J connectivity index is 1.72. The van der Waals surface area contributed by atoms with Gasteiger partial charge in [0.15, 0.2) is 5.69 Å². The molecule has 0 radical (unpaired) electrons. The molecule has 0 bridgehead atoms. The first kappa shape index (κ1) is 14.5. The molecule has 0 aliphatic rings. The van der Waals surface area contributed by atoms with E-state index in [0.29, 0.717) is 13.1 Å². The summed E-state index contributed by atoms with van der Waals surface area (Å²) in [6.45, 7) is 2.46. The number of aromatic nitrogens is 5. The van der Waals surface area contributed by atoms with Gasteiger partial charge in [-0.2, -0.15) is 5.10 Å². The van der Waals surface area contributed by atoms with Crippen LogP contribution >= 0.6 is 0 Å². The van der Waals surface area contributed by atoms with Gasteiger partial charge in [-0.25, -0.2) is 14.3 Å². The first-order valence-electron chi connectivity index (χ1n) is 6.22. The normalized spacial score (nSPS) is 11.9. The monoisotopic (exact) mass is 293 g/mol. The van der Waals surface area contributed by atoms with E-state index in [1.54, 1.807) is 12.4 Å². The van der Waals surface area contributed by atoms with Crippen LogP contribution in [0, 0.1) is 0 Å². The van der Waals surface area contributed by atoms with E-state index in [-0.39, 0.29) is 17.8 Å². The molecular weight excluding hydrogens is 278 g/mol. The maximum atomic E-state index is 11.7. The molecule has 0 spiro atoms. The number of nitrogens with zero attached hydrogens (tertiary/aromatic N) is 4. The van der Waals surface area contributed by atoms with Crippen LogP contribution in [0.3, 0.4) is 0 Å². The van der Waals surface area contributed by atoms with Gasteiger partial charge >= 0.3 is 12.0 Å². The van der Waals surface area contributed by atoms with Gasteiger partial charge in [0.05, 0.1) is 25.0 Å². The number of H-pyrrole nitrogens is 1. The topological polar surface area (TPSA) is 138 Å². The van der Waals surface area contributed by atoms with E-state index in [0.717, 1.165) is 5.56 Å². The number of aromatic amines is 1. The third-order valence-corrected chi connectivity index (χ3v) is 2.75. The van der Waals surface area contributed by atoms with Crippen LogP contribution in [0.1, 0.15) is 29.0 Å². The van der Waals surface area contributed by atoms with E-state index in [1.165, 1.54) is 10.9 Å². The number of carbonyl (C=O) groups is 2. The fraction of sp³-hybridized carbons (Fsp3) is 0.364. The largest absolute Gasteiger partial charge is 0.476 e. The molecule has 0 aliphatic carbocycles. The van der Waals surface area contributed by atoms with Gasteiger partial charge in [-0.3, -0.25) is 5.10 Å². The Labute approximate surface area is 119 Å². The number of hydrogen-bond acceptors (Lipinski definition) is 5. The molecule has 0 saturated heterocycles. The Hall–Kier alpha value is -2.91. The molecule has 4 N–H and O–H groups in total. The second-order valence-electron chi connectivity index (χ2n) is 4.33. The SMILES string of the molecule is CC(NC(=O)NCCn1cc(C(=O)O)nn1)c1cn[nH]c1. The van der Waals surface area contributed by atoms with Gasteiger partial charge in [-0.1, -0.05) is 5.21 Å². The van der Waals surface area contributed by atoms with Crippen molar-refractivity contribution in [2.75, 3.05) is 6.54 Å². The predicted octanol–water partition coefficient (Wildman–Crippen LogP) is -0.240. The molecule has 0 aliphatic heterocycles. The lowest BCUT2D eigenvalue weighted by atomic mass is 10.2. The lowest BCUT2D eigenvalue weighted by Gasteiger charge is -2.12. The van der Waals surface area contributed by atoms with Gasteiger partial charge in [0.2, 0.25) is 0 Å². The Morgan fingerprint density at radius 1 is 1.52 bits per heavy atom. The number of urea groups is 1. The summed E-state index contributed by atoms with van der Waals surface area (Å²) in [6, 6.07) is -0.504. The molecule has 112 valence electrons. The molecule has 2 rings (SSSR count). The molecule has 21 heavy (non-hydrogen) atoms. The van der Waals surface area contributed by atoms with Crippen LogP contribution in [0.25, 0.3) is 0 Å². The van der Waals surface area contributed by atoms with Gasteiger partial charge in [-0.05, 0) is 6.92 Å². The highest BCUT2D eigenvalue weighted by atomic mass is 16.4. The van der Waals surface area contributed by atoms with E-state index in [4.69, 9.17) is 5.11 Å². The first-order valence-corrected chi connectivity index (χ1v) is 6.22. The number of carboxylic acid groups (broad SMARTS) is 1. The third-order valence-electron chi connectivity index (χ3n) is 2.75. The lowest BCUT2D eigenvalue weighted by molar-refractivity contribution is 0.0690. The van der Waals surface area contributed by atoms with E-state index >= 15 is 0 Å². The second-order valence-corrected chi connectivity index (χ2v) is 4.33. The molecule has 1 unspecified atom stereocenters. The van der Waals surface area contributed by atoms with E-state index < -0.39 is 5.97 Å². The Bertz CT molecular complexity index is 607. The summed E-state index contributed by atoms with van der Waals surface area (Å²) in [7, 11) is 0. The van der Waals surface area contributed by atoms with Crippen LogP contribution in [0.5, 0.6) is 0 Å². The van der Waals surface area contributed by atoms with Crippen LogP contribution in [-0.2, 0) is 6.54 Å². The van der Waals surface area contributed by atoms with Crippen molar-refractivity contribution in [2.45, 2.75) is 19.5 Å². The quantitative estimate of drug-likeness (QED) is 0.580. The summed E-state index contributed by atoms with van der Waals surface area (Å²) in [5.74, 6) is -1.14. The number of amides is 2. The molecule has 2 amide bonds. The number of nitrogens with one attached hydrogen (secondary N) is 3. The molecule has 2 aromatic heterocycles. The van der Waals surface area contributed by atoms with E-state index in [2.05, 4.69) is 31.1 Å². The summed E-state index contributed by atoms with van der Waals surface area (Å²) in [5.41, 5.74) is 0.737. The minimum Gasteiger partial charge on any atom is -0.476 e. The van der Waals surface area contributed by atoms with Crippen LogP contribution < -0.4 is 10.6 Å². The Morgan fingerprint density at radius 2 is 2.33 bits per heavy atom. The summed E-state index contributed by atoms with van der Waals surface area (Å²) < 4.78 is 1.35. The second kappa shape index (κ2) is 6.50. The molecule has 10 heteroatoms. The average molecular weight is 293 g/mol. The van der Waals surface area contributed by atoms with Crippen molar-refractivity contribution in [2.24, 2.45) is 0 Å². The van der Waals surface area contributed by atoms with Crippen LogP contribution in [-0.4, -0.2) is 48.8 Å². The summed E-state index contributed by atoms with van der Waals surface area (Å²) in [4.78, 5) is 22.3. The summed E-state index contributed by atoms with van der Waals surface area (Å²) in [6.07, 6.45) is 4.64. The number of carboxylic acids is 1. The molecule has 1 atom stereocenters. The first-order chi connectivity index (χ1) is 10.1. The number of rotatable bonds is 6. The van der Waals surface area contributed by atoms with Gasteiger partial charge in [0.25, 0.3) is 0 Å². The maximum Gasteiger partial charge on any atom is 0.358 e. The van der Waals surface area contributed by atoms with Crippen molar-refractivity contribution in [1.29, 1.82) is 0 Å². The molecule has 10 nitrogen and oxygen atoms in total. The zero-order chi connectivity index (χ0) is 15.2. The molecule has 0 aromatic carbocycles. The molecule has 2 aromatic rings. The van der Waals surface area contributed by atoms with Crippen LogP contribution in [0.4, 0.5) is 4.79 Å². The van der Waals surface area contributed by atoms with Gasteiger partial charge in [0.1, 0.15) is 0 Å². The minimum absolute atomic E-state index is 0.131. The zero-order valence-corrected chi connectivity index (χ0v) is 11.3. The third kappa shape index (κ3) is 4.03. The molecule has 0 fully saturated rings. The van der Waals surface area contributed by atoms with E-state index in [9.17, 15) is 9.59 Å². The van der Waals surface area contributed by atoms with Gasteiger partial charge in [-0.15, -0.1) is 5.10 Å². The van der Waals surface area contributed by atoms with Crippen molar-refractivity contribution in [1.82, 2.24) is 35.8 Å². The zero-order valence-electron chi connectivity index (χ0n) is 11.3. The fourth-order valence-corrected chi connectivity index (χ4v) is 1.62. The smallest absolute Gasteiger partial charge is 0.358 e. The Morgan fingerprint density at radius 3 is 2.95 bits per heavy atom. The van der Waals surface area contributed by atoms with Gasteiger partial charge < -0.3 is 15.7 Å². The molecular formula is C11H15N7O3. The number of hydrogen-bond donors (Lipinski definition) is 4. The summed E-state index contributed by atoms with van der Waals surface area (Å²) in [5, 5.41) is 27.7. The molecule has 0 saturated carbocycles. The average Bonchev–Trinajstić information content (AvgIpc) is 3.10. The fourth-order valence-electron chi connectivity index (χ4n) is 1.62. The predicted molar refractivity (Wildman–Crippen MR) is 70.5 cm³/mol. The summed E-state index contributed by atoms with van der Waals surface area (Å²) >= 11 is 0. The van der Waals surface area contributed by atoms with Crippen LogP contribution in [0.2, 0.25) is 0 Å². The number of carbonyl (C=O) groups excluding carboxylic acids is 1. The van der Waals surface area contributed by atoms with Crippen molar-refractivity contribution in [3.05, 3.63) is 29.8 Å². The highest BCUT2D eigenvalue weighted by Gasteiger charge is 2.10. The lowest BCUT2D eigenvalue weighted by Crippen LogP contribution is -2.38.